The highest BCUT2D eigenvalue weighted by atomic mass is 16.5. The van der Waals surface area contributed by atoms with Gasteiger partial charge >= 0.3 is 0 Å². The van der Waals surface area contributed by atoms with E-state index >= 15 is 0 Å². The molecule has 1 fully saturated rings. The summed E-state index contributed by atoms with van der Waals surface area (Å²) in [6.07, 6.45) is 0. The maximum absolute atomic E-state index is 5.05. The maximum Gasteiger partial charge on any atom is 0.0589 e. The summed E-state index contributed by atoms with van der Waals surface area (Å²) in [4.78, 5) is 4.87. The Hall–Kier alpha value is -0.120. The van der Waals surface area contributed by atoms with Gasteiger partial charge in [-0.2, -0.15) is 0 Å². The zero-order valence-electron chi connectivity index (χ0n) is 8.42. The minimum atomic E-state index is 0.690. The summed E-state index contributed by atoms with van der Waals surface area (Å²) in [5.74, 6) is 0. The summed E-state index contributed by atoms with van der Waals surface area (Å²) in [6.45, 7) is 7.76. The van der Waals surface area contributed by atoms with Gasteiger partial charge in [0.15, 0.2) is 0 Å². The molecule has 0 saturated carbocycles. The molecule has 1 unspecified atom stereocenters. The molecule has 0 aliphatic carbocycles. The van der Waals surface area contributed by atoms with Crippen molar-refractivity contribution in [1.82, 2.24) is 9.80 Å². The molecule has 0 radical (unpaired) electrons. The van der Waals surface area contributed by atoms with Gasteiger partial charge in [0.1, 0.15) is 0 Å². The molecule has 3 nitrogen and oxygen atoms in total. The minimum Gasteiger partial charge on any atom is -0.383 e. The van der Waals surface area contributed by atoms with Gasteiger partial charge in [-0.05, 0) is 14.0 Å². The fourth-order valence-electron chi connectivity index (χ4n) is 1.55. The van der Waals surface area contributed by atoms with Gasteiger partial charge < -0.3 is 9.64 Å². The van der Waals surface area contributed by atoms with Crippen LogP contribution in [0.2, 0.25) is 0 Å². The van der Waals surface area contributed by atoms with E-state index in [4.69, 9.17) is 4.74 Å². The van der Waals surface area contributed by atoms with E-state index in [0.717, 1.165) is 13.2 Å². The van der Waals surface area contributed by atoms with Crippen LogP contribution in [0.1, 0.15) is 6.92 Å². The van der Waals surface area contributed by atoms with E-state index in [0.29, 0.717) is 6.04 Å². The fraction of sp³-hybridized carbons (Fsp3) is 1.00. The van der Waals surface area contributed by atoms with Gasteiger partial charge in [0, 0.05) is 39.3 Å². The van der Waals surface area contributed by atoms with Gasteiger partial charge in [0.2, 0.25) is 0 Å². The zero-order valence-corrected chi connectivity index (χ0v) is 8.42. The van der Waals surface area contributed by atoms with E-state index in [2.05, 4.69) is 23.8 Å². The molecule has 0 spiro atoms. The lowest BCUT2D eigenvalue weighted by molar-refractivity contribution is 0.0780. The third-order valence-electron chi connectivity index (χ3n) is 2.66. The number of hydrogen-bond donors (Lipinski definition) is 0. The molecule has 0 N–H and O–H groups in total. The first-order valence-corrected chi connectivity index (χ1v) is 4.65. The third-order valence-corrected chi connectivity index (χ3v) is 2.66. The van der Waals surface area contributed by atoms with Gasteiger partial charge in [0.05, 0.1) is 6.61 Å². The molecule has 1 aliphatic rings. The SMILES string of the molecule is COCCN1CCN(C)C(C)C1. The molecule has 0 aromatic carbocycles. The van der Waals surface area contributed by atoms with Crippen molar-refractivity contribution < 1.29 is 4.74 Å². The van der Waals surface area contributed by atoms with Crippen molar-refractivity contribution in [3.8, 4) is 0 Å². The molecule has 3 heteroatoms. The number of methoxy groups -OCH3 is 1. The summed E-state index contributed by atoms with van der Waals surface area (Å²) in [5.41, 5.74) is 0. The molecule has 1 saturated heterocycles. The lowest BCUT2D eigenvalue weighted by Gasteiger charge is -2.37. The van der Waals surface area contributed by atoms with Crippen LogP contribution in [0.4, 0.5) is 0 Å². The van der Waals surface area contributed by atoms with Crippen molar-refractivity contribution in [2.45, 2.75) is 13.0 Å². The van der Waals surface area contributed by atoms with E-state index in [-0.39, 0.29) is 0 Å². The number of hydrogen-bond acceptors (Lipinski definition) is 3. The zero-order chi connectivity index (χ0) is 8.97. The van der Waals surface area contributed by atoms with Crippen LogP contribution in [0.3, 0.4) is 0 Å². The maximum atomic E-state index is 5.05. The number of nitrogens with zero attached hydrogens (tertiary/aromatic N) is 2. The second kappa shape index (κ2) is 4.80. The average Bonchev–Trinajstić information content (AvgIpc) is 2.07. The van der Waals surface area contributed by atoms with E-state index in [1.807, 2.05) is 0 Å². The summed E-state index contributed by atoms with van der Waals surface area (Å²) in [6, 6.07) is 0.690. The highest BCUT2D eigenvalue weighted by Gasteiger charge is 2.19. The Labute approximate surface area is 75.3 Å². The fourth-order valence-corrected chi connectivity index (χ4v) is 1.55. The molecule has 0 amide bonds. The third kappa shape index (κ3) is 2.73. The van der Waals surface area contributed by atoms with Gasteiger partial charge in [-0.3, -0.25) is 4.90 Å². The van der Waals surface area contributed by atoms with Crippen LogP contribution in [0, 0.1) is 0 Å². The Balaban J connectivity index is 2.21. The lowest BCUT2D eigenvalue weighted by atomic mass is 10.2. The van der Waals surface area contributed by atoms with Crippen LogP contribution in [0.15, 0.2) is 0 Å². The van der Waals surface area contributed by atoms with Crippen molar-refractivity contribution in [3.63, 3.8) is 0 Å². The molecular weight excluding hydrogens is 152 g/mol. The standard InChI is InChI=1S/C9H20N2O/c1-9-8-11(6-7-12-3)5-4-10(9)2/h9H,4-8H2,1-3H3. The van der Waals surface area contributed by atoms with Crippen LogP contribution < -0.4 is 0 Å². The Bertz CT molecular complexity index is 128. The number of likely N-dealkylation sites (N-methyl/N-ethyl adjacent to an activating group) is 1. The van der Waals surface area contributed by atoms with E-state index in [1.54, 1.807) is 7.11 Å². The molecule has 0 aromatic rings. The van der Waals surface area contributed by atoms with Gasteiger partial charge in [-0.1, -0.05) is 0 Å². The van der Waals surface area contributed by atoms with Crippen molar-refractivity contribution in [2.75, 3.05) is 46.9 Å². The first-order chi connectivity index (χ1) is 5.74. The molecular formula is C9H20N2O. The van der Waals surface area contributed by atoms with E-state index in [9.17, 15) is 0 Å². The van der Waals surface area contributed by atoms with Crippen molar-refractivity contribution in [1.29, 1.82) is 0 Å². The Kier molecular flexibility index (Phi) is 3.98. The quantitative estimate of drug-likeness (QED) is 0.607. The minimum absolute atomic E-state index is 0.690. The van der Waals surface area contributed by atoms with Crippen LogP contribution in [-0.4, -0.2) is 62.8 Å². The summed E-state index contributed by atoms with van der Waals surface area (Å²) < 4.78 is 5.05. The molecule has 12 heavy (non-hydrogen) atoms. The highest BCUT2D eigenvalue weighted by molar-refractivity contribution is 4.76. The summed E-state index contributed by atoms with van der Waals surface area (Å²) in [5, 5.41) is 0. The van der Waals surface area contributed by atoms with Crippen LogP contribution in [0.5, 0.6) is 0 Å². The Morgan fingerprint density at radius 2 is 2.17 bits per heavy atom. The number of rotatable bonds is 3. The van der Waals surface area contributed by atoms with Crippen LogP contribution in [-0.2, 0) is 4.74 Å². The lowest BCUT2D eigenvalue weighted by Crippen LogP contribution is -2.50. The first-order valence-electron chi connectivity index (χ1n) is 4.65. The normalized spacial score (nSPS) is 27.8. The predicted octanol–water partition coefficient (Wildman–Crippen LogP) is 0.269. The first kappa shape index (κ1) is 9.96. The summed E-state index contributed by atoms with van der Waals surface area (Å²) in [7, 11) is 3.96. The van der Waals surface area contributed by atoms with E-state index in [1.165, 1.54) is 19.6 Å². The number of ether oxygens (including phenoxy) is 1. The molecule has 1 rings (SSSR count). The largest absolute Gasteiger partial charge is 0.383 e. The highest BCUT2D eigenvalue weighted by Crippen LogP contribution is 2.05. The van der Waals surface area contributed by atoms with Crippen LogP contribution in [0.25, 0.3) is 0 Å². The Morgan fingerprint density at radius 1 is 1.42 bits per heavy atom. The second-order valence-electron chi connectivity index (χ2n) is 3.62. The van der Waals surface area contributed by atoms with Crippen molar-refractivity contribution in [3.05, 3.63) is 0 Å². The molecule has 1 atom stereocenters. The molecule has 1 aliphatic heterocycles. The summed E-state index contributed by atoms with van der Waals surface area (Å²) >= 11 is 0. The van der Waals surface area contributed by atoms with Gasteiger partial charge in [0.25, 0.3) is 0 Å². The monoisotopic (exact) mass is 172 g/mol. The molecule has 72 valence electrons. The molecule has 1 heterocycles. The van der Waals surface area contributed by atoms with E-state index < -0.39 is 0 Å². The predicted molar refractivity (Wildman–Crippen MR) is 50.4 cm³/mol. The van der Waals surface area contributed by atoms with Crippen molar-refractivity contribution in [2.24, 2.45) is 0 Å². The molecule has 0 bridgehead atoms. The molecule has 0 aromatic heterocycles. The van der Waals surface area contributed by atoms with Gasteiger partial charge in [-0.25, -0.2) is 0 Å². The number of piperazine rings is 1. The second-order valence-corrected chi connectivity index (χ2v) is 3.62. The smallest absolute Gasteiger partial charge is 0.0589 e. The average molecular weight is 172 g/mol. The van der Waals surface area contributed by atoms with Gasteiger partial charge in [-0.15, -0.1) is 0 Å². The van der Waals surface area contributed by atoms with Crippen LogP contribution >= 0.6 is 0 Å². The Morgan fingerprint density at radius 3 is 2.75 bits per heavy atom. The van der Waals surface area contributed by atoms with Crippen molar-refractivity contribution >= 4 is 0 Å². The topological polar surface area (TPSA) is 15.7 Å².